The Balaban J connectivity index is 0.000000184. The fraction of sp³-hybridized carbons (Fsp3) is 0.250. The van der Waals surface area contributed by atoms with E-state index in [1.54, 1.807) is 12.1 Å². The molecule has 0 atom stereocenters. The quantitative estimate of drug-likeness (QED) is 0.735. The molecule has 0 amide bonds. The van der Waals surface area contributed by atoms with Gasteiger partial charge in [-0.15, -0.1) is 0 Å². The highest BCUT2D eigenvalue weighted by Gasteiger charge is 1.99. The number of benzene rings is 2. The number of phenolic OH excluding ortho intramolecular Hbond substituents is 2. The summed E-state index contributed by atoms with van der Waals surface area (Å²) in [7, 11) is 0. The summed E-state index contributed by atoms with van der Waals surface area (Å²) in [5.41, 5.74) is 4.32. The van der Waals surface area contributed by atoms with E-state index in [9.17, 15) is 5.11 Å². The Labute approximate surface area is 109 Å². The molecule has 2 aromatic rings. The van der Waals surface area contributed by atoms with Gasteiger partial charge >= 0.3 is 0 Å². The third-order valence-corrected chi connectivity index (χ3v) is 3.14. The second-order valence-corrected chi connectivity index (χ2v) is 4.44. The minimum Gasteiger partial charge on any atom is -0.508 e. The third-order valence-electron chi connectivity index (χ3n) is 3.14. The van der Waals surface area contributed by atoms with Gasteiger partial charge in [-0.3, -0.25) is 0 Å². The lowest BCUT2D eigenvalue weighted by atomic mass is 10.0. The molecule has 0 aliphatic heterocycles. The maximum atomic E-state index is 9.22. The van der Waals surface area contributed by atoms with Crippen molar-refractivity contribution in [2.24, 2.45) is 0 Å². The summed E-state index contributed by atoms with van der Waals surface area (Å²) >= 11 is 0. The maximum absolute atomic E-state index is 9.22. The third kappa shape index (κ3) is 3.52. The minimum absolute atomic E-state index is 0.368. The topological polar surface area (TPSA) is 40.5 Å². The van der Waals surface area contributed by atoms with Crippen LogP contribution in [0, 0.1) is 27.7 Å². The molecular weight excluding hydrogens is 224 g/mol. The van der Waals surface area contributed by atoms with Crippen molar-refractivity contribution >= 4 is 0 Å². The van der Waals surface area contributed by atoms with Crippen molar-refractivity contribution in [2.75, 3.05) is 0 Å². The Bertz CT molecular complexity index is 483. The number of rotatable bonds is 0. The highest BCUT2D eigenvalue weighted by atomic mass is 16.3. The van der Waals surface area contributed by atoms with Gasteiger partial charge in [-0.2, -0.15) is 0 Å². The monoisotopic (exact) mass is 244 g/mol. The van der Waals surface area contributed by atoms with E-state index in [2.05, 4.69) is 0 Å². The van der Waals surface area contributed by atoms with Crippen LogP contribution in [0.1, 0.15) is 22.3 Å². The lowest BCUT2D eigenvalue weighted by molar-refractivity contribution is 0.470. The van der Waals surface area contributed by atoms with E-state index in [1.807, 2.05) is 52.0 Å². The van der Waals surface area contributed by atoms with Gasteiger partial charge in [0.2, 0.25) is 0 Å². The summed E-state index contributed by atoms with van der Waals surface area (Å²) in [6.45, 7) is 7.86. The van der Waals surface area contributed by atoms with Gasteiger partial charge in [0, 0.05) is 0 Å². The molecule has 18 heavy (non-hydrogen) atoms. The van der Waals surface area contributed by atoms with Gasteiger partial charge in [0.25, 0.3) is 0 Å². The molecule has 0 heterocycles. The maximum Gasteiger partial charge on any atom is 0.118 e. The molecule has 0 saturated carbocycles. The smallest absolute Gasteiger partial charge is 0.118 e. The van der Waals surface area contributed by atoms with E-state index in [0.717, 1.165) is 11.1 Å². The fourth-order valence-electron chi connectivity index (χ4n) is 1.51. The van der Waals surface area contributed by atoms with E-state index < -0.39 is 0 Å². The molecule has 2 N–H and O–H groups in total. The molecule has 2 nitrogen and oxygen atoms in total. The molecule has 0 spiro atoms. The van der Waals surface area contributed by atoms with Gasteiger partial charge in [-0.25, -0.2) is 0 Å². The van der Waals surface area contributed by atoms with Crippen LogP contribution in [0.15, 0.2) is 36.4 Å². The second-order valence-electron chi connectivity index (χ2n) is 4.44. The van der Waals surface area contributed by atoms with Crippen LogP contribution in [0.2, 0.25) is 0 Å². The van der Waals surface area contributed by atoms with Crippen LogP contribution in [0.3, 0.4) is 0 Å². The first-order valence-corrected chi connectivity index (χ1v) is 5.94. The number of hydrogen-bond acceptors (Lipinski definition) is 2. The largest absolute Gasteiger partial charge is 0.508 e. The number of aromatic hydroxyl groups is 2. The molecule has 2 heteroatoms. The average Bonchev–Trinajstić information content (AvgIpc) is 2.36. The van der Waals surface area contributed by atoms with Gasteiger partial charge < -0.3 is 10.2 Å². The zero-order valence-electron chi connectivity index (χ0n) is 11.4. The van der Waals surface area contributed by atoms with Crippen LogP contribution in [-0.4, -0.2) is 10.2 Å². The van der Waals surface area contributed by atoms with E-state index in [1.165, 1.54) is 11.1 Å². The highest BCUT2D eigenvalue weighted by molar-refractivity contribution is 5.41. The van der Waals surface area contributed by atoms with Crippen molar-refractivity contribution in [1.29, 1.82) is 0 Å². The Morgan fingerprint density at radius 3 is 1.67 bits per heavy atom. The summed E-state index contributed by atoms with van der Waals surface area (Å²) in [4.78, 5) is 0. The van der Waals surface area contributed by atoms with Gasteiger partial charge in [0.05, 0.1) is 0 Å². The molecule has 96 valence electrons. The predicted molar refractivity (Wildman–Crippen MR) is 75.2 cm³/mol. The lowest BCUT2D eigenvalue weighted by Gasteiger charge is -2.04. The van der Waals surface area contributed by atoms with Crippen LogP contribution >= 0.6 is 0 Å². The predicted octanol–water partition coefficient (Wildman–Crippen LogP) is 4.02. The van der Waals surface area contributed by atoms with E-state index in [-0.39, 0.29) is 0 Å². The van der Waals surface area contributed by atoms with Crippen molar-refractivity contribution in [1.82, 2.24) is 0 Å². The van der Waals surface area contributed by atoms with E-state index >= 15 is 0 Å². The van der Waals surface area contributed by atoms with Gasteiger partial charge in [-0.05, 0) is 62.1 Å². The van der Waals surface area contributed by atoms with Crippen molar-refractivity contribution in [3.8, 4) is 11.5 Å². The Kier molecular flexibility index (Phi) is 4.78. The molecule has 2 aromatic carbocycles. The molecule has 0 bridgehead atoms. The lowest BCUT2D eigenvalue weighted by Crippen LogP contribution is -1.85. The number of hydrogen-bond donors (Lipinski definition) is 2. The molecule has 0 radical (unpaired) electrons. The minimum atomic E-state index is 0.368. The molecule has 0 fully saturated rings. The molecule has 0 aliphatic rings. The number of phenols is 2. The average molecular weight is 244 g/mol. The first kappa shape index (κ1) is 14.1. The van der Waals surface area contributed by atoms with Gasteiger partial charge in [0.1, 0.15) is 11.5 Å². The van der Waals surface area contributed by atoms with Crippen LogP contribution in [0.5, 0.6) is 11.5 Å². The summed E-state index contributed by atoms with van der Waals surface area (Å²) in [5.74, 6) is 0.760. The second kappa shape index (κ2) is 6.10. The normalized spacial score (nSPS) is 9.56. The summed E-state index contributed by atoms with van der Waals surface area (Å²) in [6.07, 6.45) is 0. The molecule has 0 saturated heterocycles. The molecular formula is C16H20O2. The first-order valence-electron chi connectivity index (χ1n) is 5.94. The molecule has 0 unspecified atom stereocenters. The Morgan fingerprint density at radius 1 is 0.611 bits per heavy atom. The first-order chi connectivity index (χ1) is 8.43. The number of para-hydroxylation sites is 1. The Hall–Kier alpha value is -1.96. The van der Waals surface area contributed by atoms with Crippen LogP contribution < -0.4 is 0 Å². The van der Waals surface area contributed by atoms with E-state index in [0.29, 0.717) is 11.5 Å². The number of aryl methyl sites for hydroxylation is 2. The molecule has 2 rings (SSSR count). The highest BCUT2D eigenvalue weighted by Crippen LogP contribution is 2.21. The van der Waals surface area contributed by atoms with E-state index in [4.69, 9.17) is 5.11 Å². The summed E-state index contributed by atoms with van der Waals surface area (Å²) in [6, 6.07) is 10.9. The van der Waals surface area contributed by atoms with Crippen molar-refractivity contribution in [2.45, 2.75) is 27.7 Å². The molecule has 0 aliphatic carbocycles. The Morgan fingerprint density at radius 2 is 1.22 bits per heavy atom. The zero-order valence-corrected chi connectivity index (χ0v) is 11.4. The summed E-state index contributed by atoms with van der Waals surface area (Å²) < 4.78 is 0. The summed E-state index contributed by atoms with van der Waals surface area (Å²) in [5, 5.41) is 18.1. The van der Waals surface area contributed by atoms with Gasteiger partial charge in [-0.1, -0.05) is 24.3 Å². The van der Waals surface area contributed by atoms with Crippen LogP contribution in [0.4, 0.5) is 0 Å². The SMILES string of the molecule is Cc1ccc(O)c(C)c1C.Cc1ccccc1O. The van der Waals surface area contributed by atoms with Crippen LogP contribution in [0.25, 0.3) is 0 Å². The zero-order chi connectivity index (χ0) is 13.7. The molecule has 0 aromatic heterocycles. The van der Waals surface area contributed by atoms with Crippen molar-refractivity contribution < 1.29 is 10.2 Å². The van der Waals surface area contributed by atoms with Gasteiger partial charge in [0.15, 0.2) is 0 Å². The standard InChI is InChI=1S/C9H12O.C7H8O/c1-6-4-5-9(10)8(3)7(6)2;1-6-4-2-3-5-7(6)8/h4-5,10H,1-3H3;2-5,8H,1H3. The van der Waals surface area contributed by atoms with Crippen molar-refractivity contribution in [3.63, 3.8) is 0 Å². The fourth-order valence-corrected chi connectivity index (χ4v) is 1.51. The van der Waals surface area contributed by atoms with Crippen molar-refractivity contribution in [3.05, 3.63) is 58.7 Å². The van der Waals surface area contributed by atoms with Crippen LogP contribution in [-0.2, 0) is 0 Å².